The lowest BCUT2D eigenvalue weighted by molar-refractivity contribution is 0.496. The zero-order valence-corrected chi connectivity index (χ0v) is 12.5. The number of hydrogen-bond donors (Lipinski definition) is 1. The third-order valence-corrected chi connectivity index (χ3v) is 6.03. The smallest absolute Gasteiger partial charge is 0.157 e. The molecule has 0 unspecified atom stereocenters. The van der Waals surface area contributed by atoms with Gasteiger partial charge in [0.2, 0.25) is 0 Å². The van der Waals surface area contributed by atoms with Crippen molar-refractivity contribution in [1.29, 1.82) is 0 Å². The van der Waals surface area contributed by atoms with Gasteiger partial charge in [0.25, 0.3) is 0 Å². The van der Waals surface area contributed by atoms with Gasteiger partial charge in [0.1, 0.15) is 0 Å². The van der Waals surface area contributed by atoms with Crippen LogP contribution in [0.5, 0.6) is 0 Å². The molecule has 1 aromatic carbocycles. The van der Waals surface area contributed by atoms with E-state index in [0.717, 1.165) is 31.5 Å². The van der Waals surface area contributed by atoms with E-state index in [9.17, 15) is 8.42 Å². The average Bonchev–Trinajstić information content (AvgIpc) is 2.40. The van der Waals surface area contributed by atoms with Gasteiger partial charge in [-0.2, -0.15) is 0 Å². The molecule has 106 valence electrons. The quantitative estimate of drug-likeness (QED) is 0.922. The highest BCUT2D eigenvalue weighted by Gasteiger charge is 2.27. The summed E-state index contributed by atoms with van der Waals surface area (Å²) in [5.41, 5.74) is 2.16. The standard InChI is InChI=1S/C15H23NO2S/c1-12(2)14-5-3-13(4-6-14)11-19(17,18)15-7-9-16-10-8-15/h3-6,12,15-16H,7-11H2,1-2H3. The predicted octanol–water partition coefficient (Wildman–Crippen LogP) is 2.48. The monoisotopic (exact) mass is 281 g/mol. The third kappa shape index (κ3) is 3.80. The number of nitrogens with one attached hydrogen (secondary N) is 1. The zero-order chi connectivity index (χ0) is 13.9. The highest BCUT2D eigenvalue weighted by molar-refractivity contribution is 7.91. The molecule has 1 fully saturated rings. The summed E-state index contributed by atoms with van der Waals surface area (Å²) in [6, 6.07) is 7.98. The van der Waals surface area contributed by atoms with Crippen molar-refractivity contribution < 1.29 is 8.42 Å². The van der Waals surface area contributed by atoms with Crippen molar-refractivity contribution in [3.8, 4) is 0 Å². The number of piperidine rings is 1. The molecular weight excluding hydrogens is 258 g/mol. The molecule has 1 saturated heterocycles. The van der Waals surface area contributed by atoms with Crippen LogP contribution >= 0.6 is 0 Å². The van der Waals surface area contributed by atoms with E-state index in [2.05, 4.69) is 19.2 Å². The molecule has 1 aliphatic rings. The Kier molecular flexibility index (Phi) is 4.63. The summed E-state index contributed by atoms with van der Waals surface area (Å²) in [5, 5.41) is 3.04. The van der Waals surface area contributed by atoms with E-state index >= 15 is 0 Å². The third-order valence-electron chi connectivity index (χ3n) is 3.81. The average molecular weight is 281 g/mol. The molecule has 0 bridgehead atoms. The first-order chi connectivity index (χ1) is 8.99. The van der Waals surface area contributed by atoms with Crippen LogP contribution in [0.15, 0.2) is 24.3 Å². The molecule has 0 radical (unpaired) electrons. The molecule has 1 aromatic rings. The number of sulfone groups is 1. The Morgan fingerprint density at radius 1 is 1.16 bits per heavy atom. The fourth-order valence-electron chi connectivity index (χ4n) is 2.50. The summed E-state index contributed by atoms with van der Waals surface area (Å²) in [6.45, 7) is 5.91. The molecule has 0 atom stereocenters. The molecule has 19 heavy (non-hydrogen) atoms. The van der Waals surface area contributed by atoms with Gasteiger partial charge in [-0.1, -0.05) is 38.1 Å². The van der Waals surface area contributed by atoms with Crippen LogP contribution in [0, 0.1) is 0 Å². The van der Waals surface area contributed by atoms with Gasteiger partial charge in [-0.05, 0) is 43.0 Å². The Morgan fingerprint density at radius 3 is 2.26 bits per heavy atom. The summed E-state index contributed by atoms with van der Waals surface area (Å²) in [4.78, 5) is 0. The van der Waals surface area contributed by atoms with Gasteiger partial charge in [-0.15, -0.1) is 0 Å². The maximum Gasteiger partial charge on any atom is 0.157 e. The molecule has 4 heteroatoms. The van der Waals surface area contributed by atoms with Gasteiger partial charge in [0.15, 0.2) is 9.84 Å². The van der Waals surface area contributed by atoms with Gasteiger partial charge >= 0.3 is 0 Å². The molecule has 2 rings (SSSR count). The Bertz CT molecular complexity index is 499. The van der Waals surface area contributed by atoms with Crippen LogP contribution < -0.4 is 5.32 Å². The molecular formula is C15H23NO2S. The van der Waals surface area contributed by atoms with E-state index in [4.69, 9.17) is 0 Å². The summed E-state index contributed by atoms with van der Waals surface area (Å²) in [6.07, 6.45) is 1.48. The van der Waals surface area contributed by atoms with Gasteiger partial charge in [-0.3, -0.25) is 0 Å². The van der Waals surface area contributed by atoms with Crippen LogP contribution in [0.25, 0.3) is 0 Å². The molecule has 0 amide bonds. The summed E-state index contributed by atoms with van der Waals surface area (Å²) in [7, 11) is -3.01. The van der Waals surface area contributed by atoms with Crippen LogP contribution in [0.1, 0.15) is 43.7 Å². The van der Waals surface area contributed by atoms with Gasteiger partial charge < -0.3 is 5.32 Å². The second-order valence-electron chi connectivity index (χ2n) is 5.65. The van der Waals surface area contributed by atoms with Crippen LogP contribution in [0.4, 0.5) is 0 Å². The van der Waals surface area contributed by atoms with E-state index in [1.165, 1.54) is 5.56 Å². The minimum absolute atomic E-state index is 0.168. The molecule has 0 spiro atoms. The highest BCUT2D eigenvalue weighted by atomic mass is 32.2. The van der Waals surface area contributed by atoms with E-state index in [1.54, 1.807) is 0 Å². The SMILES string of the molecule is CC(C)c1ccc(CS(=O)(=O)C2CCNCC2)cc1. The fraction of sp³-hybridized carbons (Fsp3) is 0.600. The summed E-state index contributed by atoms with van der Waals surface area (Å²) in [5.74, 6) is 0.658. The first kappa shape index (κ1) is 14.5. The van der Waals surface area contributed by atoms with Crippen LogP contribution in [0.2, 0.25) is 0 Å². The largest absolute Gasteiger partial charge is 0.317 e. The second-order valence-corrected chi connectivity index (χ2v) is 7.93. The van der Waals surface area contributed by atoms with Gasteiger partial charge in [-0.25, -0.2) is 8.42 Å². The Hall–Kier alpha value is -0.870. The number of hydrogen-bond acceptors (Lipinski definition) is 3. The lowest BCUT2D eigenvalue weighted by Crippen LogP contribution is -2.36. The van der Waals surface area contributed by atoms with Gasteiger partial charge in [0.05, 0.1) is 11.0 Å². The van der Waals surface area contributed by atoms with Crippen molar-refractivity contribution in [2.45, 2.75) is 43.6 Å². The first-order valence-corrected chi connectivity index (χ1v) is 8.72. The van der Waals surface area contributed by atoms with Crippen molar-refractivity contribution in [3.05, 3.63) is 35.4 Å². The molecule has 0 saturated carbocycles. The van der Waals surface area contributed by atoms with Crippen LogP contribution in [0.3, 0.4) is 0 Å². The van der Waals surface area contributed by atoms with Gasteiger partial charge in [0, 0.05) is 0 Å². The van der Waals surface area contributed by atoms with Crippen LogP contribution in [-0.4, -0.2) is 26.8 Å². The molecule has 1 N–H and O–H groups in total. The maximum absolute atomic E-state index is 12.3. The lowest BCUT2D eigenvalue weighted by Gasteiger charge is -2.22. The Labute approximate surface area is 116 Å². The maximum atomic E-state index is 12.3. The summed E-state index contributed by atoms with van der Waals surface area (Å²) < 4.78 is 24.7. The van der Waals surface area contributed by atoms with Crippen molar-refractivity contribution in [2.24, 2.45) is 0 Å². The highest BCUT2D eigenvalue weighted by Crippen LogP contribution is 2.20. The topological polar surface area (TPSA) is 46.2 Å². The predicted molar refractivity (Wildman–Crippen MR) is 79.0 cm³/mol. The van der Waals surface area contributed by atoms with Crippen molar-refractivity contribution in [1.82, 2.24) is 5.32 Å². The first-order valence-electron chi connectivity index (χ1n) is 7.00. The van der Waals surface area contributed by atoms with Crippen LogP contribution in [-0.2, 0) is 15.6 Å². The summed E-state index contributed by atoms with van der Waals surface area (Å²) >= 11 is 0. The second kappa shape index (κ2) is 6.06. The minimum Gasteiger partial charge on any atom is -0.317 e. The number of rotatable bonds is 4. The van der Waals surface area contributed by atoms with Crippen molar-refractivity contribution >= 4 is 9.84 Å². The lowest BCUT2D eigenvalue weighted by atomic mass is 10.0. The molecule has 3 nitrogen and oxygen atoms in total. The van der Waals surface area contributed by atoms with E-state index in [-0.39, 0.29) is 11.0 Å². The zero-order valence-electron chi connectivity index (χ0n) is 11.7. The Balaban J connectivity index is 2.06. The molecule has 0 aromatic heterocycles. The number of benzene rings is 1. The van der Waals surface area contributed by atoms with E-state index < -0.39 is 9.84 Å². The fourth-order valence-corrected chi connectivity index (χ4v) is 4.35. The van der Waals surface area contributed by atoms with Crippen molar-refractivity contribution in [2.75, 3.05) is 13.1 Å². The Morgan fingerprint density at radius 2 is 1.74 bits per heavy atom. The minimum atomic E-state index is -3.01. The molecule has 0 aliphatic carbocycles. The normalized spacial score (nSPS) is 17.8. The van der Waals surface area contributed by atoms with Crippen molar-refractivity contribution in [3.63, 3.8) is 0 Å². The van der Waals surface area contributed by atoms with E-state index in [0.29, 0.717) is 5.92 Å². The molecule has 1 aliphatic heterocycles. The molecule has 1 heterocycles. The van der Waals surface area contributed by atoms with E-state index in [1.807, 2.05) is 24.3 Å².